The maximum absolute atomic E-state index is 11.5. The highest BCUT2D eigenvalue weighted by molar-refractivity contribution is 7.99. The van der Waals surface area contributed by atoms with Crippen molar-refractivity contribution in [1.82, 2.24) is 9.97 Å². The van der Waals surface area contributed by atoms with Crippen molar-refractivity contribution < 1.29 is 5.11 Å². The zero-order valence-corrected chi connectivity index (χ0v) is 9.15. The second-order valence-electron chi connectivity index (χ2n) is 2.84. The number of aromatic nitrogens is 2. The Morgan fingerprint density at radius 3 is 2.79 bits per heavy atom. The van der Waals surface area contributed by atoms with Crippen LogP contribution in [0, 0.1) is 6.92 Å². The lowest BCUT2D eigenvalue weighted by molar-refractivity contribution is 0.298. The van der Waals surface area contributed by atoms with E-state index in [4.69, 9.17) is 5.11 Å². The van der Waals surface area contributed by atoms with Crippen molar-refractivity contribution in [2.24, 2.45) is 0 Å². The predicted octanol–water partition coefficient (Wildman–Crippen LogP) is 0.725. The zero-order valence-electron chi connectivity index (χ0n) is 8.33. The number of H-pyrrole nitrogens is 1. The van der Waals surface area contributed by atoms with Gasteiger partial charge in [-0.25, -0.2) is 4.98 Å². The molecule has 78 valence electrons. The second-order valence-corrected chi connectivity index (χ2v) is 4.09. The third kappa shape index (κ3) is 2.59. The SMILES string of the molecule is CCSc1nc(C)c(CCO)c(=O)[nH]1. The maximum atomic E-state index is 11.5. The lowest BCUT2D eigenvalue weighted by Gasteiger charge is -2.04. The molecule has 0 aliphatic carbocycles. The molecule has 0 bridgehead atoms. The molecular weight excluding hydrogens is 200 g/mol. The molecule has 0 amide bonds. The Morgan fingerprint density at radius 2 is 2.29 bits per heavy atom. The summed E-state index contributed by atoms with van der Waals surface area (Å²) in [5, 5.41) is 9.41. The molecule has 1 aromatic heterocycles. The molecule has 1 rings (SSSR count). The van der Waals surface area contributed by atoms with E-state index in [1.54, 1.807) is 6.92 Å². The highest BCUT2D eigenvalue weighted by atomic mass is 32.2. The van der Waals surface area contributed by atoms with Gasteiger partial charge in [0.2, 0.25) is 0 Å². The van der Waals surface area contributed by atoms with Gasteiger partial charge >= 0.3 is 0 Å². The van der Waals surface area contributed by atoms with Crippen LogP contribution in [0.4, 0.5) is 0 Å². The third-order valence-corrected chi connectivity index (χ3v) is 2.60. The number of thioether (sulfide) groups is 1. The fourth-order valence-electron chi connectivity index (χ4n) is 1.20. The molecule has 0 unspecified atom stereocenters. The van der Waals surface area contributed by atoms with E-state index in [9.17, 15) is 4.79 Å². The highest BCUT2D eigenvalue weighted by Crippen LogP contribution is 2.11. The number of aryl methyl sites for hydroxylation is 1. The molecule has 1 aromatic rings. The summed E-state index contributed by atoms with van der Waals surface area (Å²) in [7, 11) is 0. The summed E-state index contributed by atoms with van der Waals surface area (Å²) in [5.41, 5.74) is 1.15. The molecule has 0 saturated carbocycles. The van der Waals surface area contributed by atoms with E-state index >= 15 is 0 Å². The van der Waals surface area contributed by atoms with Crippen LogP contribution in [0.15, 0.2) is 9.95 Å². The van der Waals surface area contributed by atoms with Crippen LogP contribution in [-0.4, -0.2) is 27.4 Å². The largest absolute Gasteiger partial charge is 0.396 e. The average Bonchev–Trinajstić information content (AvgIpc) is 2.12. The Kier molecular flexibility index (Phi) is 4.16. The van der Waals surface area contributed by atoms with Crippen molar-refractivity contribution in [2.45, 2.75) is 25.4 Å². The van der Waals surface area contributed by atoms with E-state index in [2.05, 4.69) is 9.97 Å². The van der Waals surface area contributed by atoms with Crippen LogP contribution in [0.2, 0.25) is 0 Å². The van der Waals surface area contributed by atoms with Gasteiger partial charge in [0.25, 0.3) is 5.56 Å². The third-order valence-electron chi connectivity index (χ3n) is 1.84. The van der Waals surface area contributed by atoms with E-state index in [1.807, 2.05) is 6.92 Å². The van der Waals surface area contributed by atoms with E-state index in [1.165, 1.54) is 11.8 Å². The number of aromatic amines is 1. The van der Waals surface area contributed by atoms with Crippen molar-refractivity contribution in [1.29, 1.82) is 0 Å². The van der Waals surface area contributed by atoms with Crippen LogP contribution < -0.4 is 5.56 Å². The van der Waals surface area contributed by atoms with E-state index in [0.717, 1.165) is 5.75 Å². The number of nitrogens with one attached hydrogen (secondary N) is 1. The van der Waals surface area contributed by atoms with Gasteiger partial charge in [-0.05, 0) is 12.7 Å². The number of hydrogen-bond acceptors (Lipinski definition) is 4. The summed E-state index contributed by atoms with van der Waals surface area (Å²) < 4.78 is 0. The van der Waals surface area contributed by atoms with Crippen LogP contribution in [0.3, 0.4) is 0 Å². The quantitative estimate of drug-likeness (QED) is 0.572. The summed E-state index contributed by atoms with van der Waals surface area (Å²) in [6, 6.07) is 0. The first-order chi connectivity index (χ1) is 6.69. The van der Waals surface area contributed by atoms with Crippen molar-refractivity contribution >= 4 is 11.8 Å². The monoisotopic (exact) mass is 214 g/mol. The topological polar surface area (TPSA) is 66.0 Å². The number of aliphatic hydroxyl groups is 1. The van der Waals surface area contributed by atoms with Crippen molar-refractivity contribution in [2.75, 3.05) is 12.4 Å². The van der Waals surface area contributed by atoms with Gasteiger partial charge in [0.15, 0.2) is 5.16 Å². The molecule has 5 heteroatoms. The zero-order chi connectivity index (χ0) is 10.6. The Labute approximate surface area is 86.8 Å². The van der Waals surface area contributed by atoms with Gasteiger partial charge in [0, 0.05) is 24.3 Å². The fourth-order valence-corrected chi connectivity index (χ4v) is 1.84. The molecule has 1 heterocycles. The normalized spacial score (nSPS) is 10.5. The van der Waals surface area contributed by atoms with Crippen LogP contribution in [0.1, 0.15) is 18.2 Å². The van der Waals surface area contributed by atoms with Gasteiger partial charge in [0.1, 0.15) is 0 Å². The molecular formula is C9H14N2O2S. The maximum Gasteiger partial charge on any atom is 0.255 e. The standard InChI is InChI=1S/C9H14N2O2S/c1-3-14-9-10-6(2)7(4-5-12)8(13)11-9/h12H,3-5H2,1-2H3,(H,10,11,13). The van der Waals surface area contributed by atoms with Gasteiger partial charge in [-0.15, -0.1) is 0 Å². The predicted molar refractivity (Wildman–Crippen MR) is 56.8 cm³/mol. The molecule has 14 heavy (non-hydrogen) atoms. The first kappa shape index (κ1) is 11.3. The Hall–Kier alpha value is -0.810. The number of hydrogen-bond donors (Lipinski definition) is 2. The molecule has 0 fully saturated rings. The van der Waals surface area contributed by atoms with Crippen molar-refractivity contribution in [3.63, 3.8) is 0 Å². The summed E-state index contributed by atoms with van der Waals surface area (Å²) in [6.45, 7) is 3.77. The number of aliphatic hydroxyl groups excluding tert-OH is 1. The van der Waals surface area contributed by atoms with Crippen LogP contribution in [0.25, 0.3) is 0 Å². The Balaban J connectivity index is 3.05. The van der Waals surface area contributed by atoms with Gasteiger partial charge in [-0.2, -0.15) is 0 Å². The Morgan fingerprint density at radius 1 is 1.57 bits per heavy atom. The molecule has 0 atom stereocenters. The molecule has 0 aliphatic heterocycles. The lowest BCUT2D eigenvalue weighted by Crippen LogP contribution is -2.18. The molecule has 4 nitrogen and oxygen atoms in total. The summed E-state index contributed by atoms with van der Waals surface area (Å²) in [4.78, 5) is 18.4. The molecule has 0 saturated heterocycles. The first-order valence-corrected chi connectivity index (χ1v) is 5.51. The summed E-state index contributed by atoms with van der Waals surface area (Å²) in [5.74, 6) is 0.877. The second kappa shape index (κ2) is 5.17. The van der Waals surface area contributed by atoms with Crippen LogP contribution in [-0.2, 0) is 6.42 Å². The van der Waals surface area contributed by atoms with Crippen molar-refractivity contribution in [3.05, 3.63) is 21.6 Å². The summed E-state index contributed by atoms with van der Waals surface area (Å²) >= 11 is 1.50. The first-order valence-electron chi connectivity index (χ1n) is 4.52. The minimum absolute atomic E-state index is 0.0220. The molecule has 0 aliphatic rings. The van der Waals surface area contributed by atoms with E-state index < -0.39 is 0 Å². The van der Waals surface area contributed by atoms with E-state index in [0.29, 0.717) is 22.8 Å². The summed E-state index contributed by atoms with van der Waals surface area (Å²) in [6.07, 6.45) is 0.366. The molecule has 0 aromatic carbocycles. The molecule has 0 radical (unpaired) electrons. The van der Waals surface area contributed by atoms with Gasteiger partial charge in [-0.3, -0.25) is 4.79 Å². The Bertz CT molecular complexity index is 362. The average molecular weight is 214 g/mol. The number of nitrogens with zero attached hydrogens (tertiary/aromatic N) is 1. The van der Waals surface area contributed by atoms with Crippen LogP contribution >= 0.6 is 11.8 Å². The van der Waals surface area contributed by atoms with Crippen LogP contribution in [0.5, 0.6) is 0 Å². The highest BCUT2D eigenvalue weighted by Gasteiger charge is 2.06. The van der Waals surface area contributed by atoms with Gasteiger partial charge in [-0.1, -0.05) is 18.7 Å². The smallest absolute Gasteiger partial charge is 0.255 e. The fraction of sp³-hybridized carbons (Fsp3) is 0.556. The lowest BCUT2D eigenvalue weighted by atomic mass is 10.2. The minimum atomic E-state index is -0.137. The number of rotatable bonds is 4. The minimum Gasteiger partial charge on any atom is -0.396 e. The van der Waals surface area contributed by atoms with Crippen molar-refractivity contribution in [3.8, 4) is 0 Å². The molecule has 0 spiro atoms. The van der Waals surface area contributed by atoms with Gasteiger partial charge in [0.05, 0.1) is 0 Å². The van der Waals surface area contributed by atoms with Gasteiger partial charge < -0.3 is 10.1 Å². The van der Waals surface area contributed by atoms with E-state index in [-0.39, 0.29) is 12.2 Å². The molecule has 2 N–H and O–H groups in total.